The van der Waals surface area contributed by atoms with E-state index in [2.05, 4.69) is 30.8 Å². The molecule has 16 heavy (non-hydrogen) atoms. The van der Waals surface area contributed by atoms with Gasteiger partial charge < -0.3 is 0 Å². The molecule has 1 heterocycles. The Morgan fingerprint density at radius 3 is 2.31 bits per heavy atom. The lowest BCUT2D eigenvalue weighted by atomic mass is 9.90. The summed E-state index contributed by atoms with van der Waals surface area (Å²) in [4.78, 5) is 2.58. The van der Waals surface area contributed by atoms with E-state index in [0.717, 1.165) is 6.42 Å². The fourth-order valence-corrected chi connectivity index (χ4v) is 2.59. The monoisotopic (exact) mass is 225 g/mol. The Labute approximate surface area is 100 Å². The highest BCUT2D eigenvalue weighted by Crippen LogP contribution is 2.24. The number of rotatable bonds is 5. The van der Waals surface area contributed by atoms with E-state index in [0.29, 0.717) is 0 Å². The first-order valence-electron chi connectivity index (χ1n) is 6.45. The van der Waals surface area contributed by atoms with E-state index in [1.54, 1.807) is 0 Å². The zero-order valence-electron chi connectivity index (χ0n) is 10.8. The van der Waals surface area contributed by atoms with Crippen molar-refractivity contribution < 1.29 is 0 Å². The van der Waals surface area contributed by atoms with Crippen LogP contribution in [-0.4, -0.2) is 29.6 Å². The molecule has 3 N–H and O–H groups in total. The summed E-state index contributed by atoms with van der Waals surface area (Å²) < 4.78 is 0. The minimum atomic E-state index is 0.104. The maximum absolute atomic E-state index is 5.67. The minimum absolute atomic E-state index is 0.104. The Balaban J connectivity index is 2.67. The summed E-state index contributed by atoms with van der Waals surface area (Å²) in [7, 11) is 0. The molecule has 3 nitrogen and oxygen atoms in total. The van der Waals surface area contributed by atoms with Gasteiger partial charge >= 0.3 is 0 Å². The molecule has 0 radical (unpaired) electrons. The van der Waals surface area contributed by atoms with Crippen molar-refractivity contribution in [2.75, 3.05) is 13.1 Å². The van der Waals surface area contributed by atoms with Crippen molar-refractivity contribution in [1.29, 1.82) is 0 Å². The van der Waals surface area contributed by atoms with Crippen LogP contribution in [0.25, 0.3) is 0 Å². The number of nitrogens with two attached hydrogens (primary N) is 1. The van der Waals surface area contributed by atoms with E-state index in [4.69, 9.17) is 5.84 Å². The molecule has 1 unspecified atom stereocenters. The molecular weight excluding hydrogens is 198 g/mol. The highest BCUT2D eigenvalue weighted by molar-refractivity contribution is 4.96. The summed E-state index contributed by atoms with van der Waals surface area (Å²) in [5, 5.41) is 0. The smallest absolute Gasteiger partial charge is 0.0423 e. The summed E-state index contributed by atoms with van der Waals surface area (Å²) >= 11 is 0. The lowest BCUT2D eigenvalue weighted by molar-refractivity contribution is 0.0845. The third kappa shape index (κ3) is 3.30. The SMILES string of the molecule is C=CCC(NN)C(C)(C)N1CCCCCC1. The van der Waals surface area contributed by atoms with Crippen LogP contribution in [0.4, 0.5) is 0 Å². The van der Waals surface area contributed by atoms with Gasteiger partial charge in [0.1, 0.15) is 0 Å². The van der Waals surface area contributed by atoms with Gasteiger partial charge in [0.15, 0.2) is 0 Å². The number of nitrogens with one attached hydrogen (secondary N) is 1. The van der Waals surface area contributed by atoms with Gasteiger partial charge in [0.25, 0.3) is 0 Å². The van der Waals surface area contributed by atoms with Crippen molar-refractivity contribution in [3.05, 3.63) is 12.7 Å². The van der Waals surface area contributed by atoms with Crippen LogP contribution in [0.15, 0.2) is 12.7 Å². The Hall–Kier alpha value is -0.380. The van der Waals surface area contributed by atoms with Gasteiger partial charge in [-0.25, -0.2) is 0 Å². The summed E-state index contributed by atoms with van der Waals surface area (Å²) in [6.45, 7) is 10.8. The van der Waals surface area contributed by atoms with Crippen LogP contribution in [0.5, 0.6) is 0 Å². The van der Waals surface area contributed by atoms with Crippen molar-refractivity contribution in [2.45, 2.75) is 57.5 Å². The van der Waals surface area contributed by atoms with Crippen LogP contribution in [0.1, 0.15) is 46.0 Å². The first kappa shape index (κ1) is 13.7. The average Bonchev–Trinajstić information content (AvgIpc) is 2.54. The lowest BCUT2D eigenvalue weighted by Gasteiger charge is -2.43. The molecule has 1 rings (SSSR count). The third-order valence-electron chi connectivity index (χ3n) is 3.88. The van der Waals surface area contributed by atoms with E-state index < -0.39 is 0 Å². The van der Waals surface area contributed by atoms with Gasteiger partial charge in [-0.2, -0.15) is 0 Å². The molecule has 0 aromatic heterocycles. The van der Waals surface area contributed by atoms with E-state index in [1.807, 2.05) is 6.08 Å². The van der Waals surface area contributed by atoms with Crippen LogP contribution < -0.4 is 11.3 Å². The van der Waals surface area contributed by atoms with Gasteiger partial charge in [-0.15, -0.1) is 6.58 Å². The highest BCUT2D eigenvalue weighted by atomic mass is 15.3. The molecule has 1 atom stereocenters. The highest BCUT2D eigenvalue weighted by Gasteiger charge is 2.34. The molecule has 0 amide bonds. The predicted octanol–water partition coefficient (Wildman–Crippen LogP) is 2.05. The normalized spacial score (nSPS) is 21.4. The van der Waals surface area contributed by atoms with Gasteiger partial charge in [0.2, 0.25) is 0 Å². The fraction of sp³-hybridized carbons (Fsp3) is 0.846. The molecular formula is C13H27N3. The van der Waals surface area contributed by atoms with E-state index >= 15 is 0 Å². The first-order valence-corrected chi connectivity index (χ1v) is 6.45. The predicted molar refractivity (Wildman–Crippen MR) is 70.0 cm³/mol. The average molecular weight is 225 g/mol. The molecule has 94 valence electrons. The van der Waals surface area contributed by atoms with Crippen molar-refractivity contribution in [2.24, 2.45) is 5.84 Å². The van der Waals surface area contributed by atoms with E-state index in [-0.39, 0.29) is 11.6 Å². The summed E-state index contributed by atoms with van der Waals surface area (Å²) in [5.41, 5.74) is 3.05. The van der Waals surface area contributed by atoms with Gasteiger partial charge in [0.05, 0.1) is 0 Å². The van der Waals surface area contributed by atoms with Gasteiger partial charge in [-0.3, -0.25) is 16.2 Å². The van der Waals surface area contributed by atoms with Gasteiger partial charge in [0, 0.05) is 11.6 Å². The number of hydrogen-bond donors (Lipinski definition) is 2. The van der Waals surface area contributed by atoms with Crippen molar-refractivity contribution in [3.8, 4) is 0 Å². The molecule has 1 saturated heterocycles. The van der Waals surface area contributed by atoms with Crippen LogP contribution >= 0.6 is 0 Å². The Kier molecular flexibility index (Phi) is 5.46. The maximum Gasteiger partial charge on any atom is 0.0423 e. The number of hydrazine groups is 1. The molecule has 0 saturated carbocycles. The number of likely N-dealkylation sites (tertiary alicyclic amines) is 1. The zero-order chi connectivity index (χ0) is 12.0. The molecule has 0 aliphatic carbocycles. The largest absolute Gasteiger partial charge is 0.297 e. The molecule has 0 aromatic carbocycles. The summed E-state index contributed by atoms with van der Waals surface area (Å²) in [6, 6.07) is 0.281. The van der Waals surface area contributed by atoms with Gasteiger partial charge in [-0.1, -0.05) is 18.9 Å². The van der Waals surface area contributed by atoms with Crippen LogP contribution in [-0.2, 0) is 0 Å². The number of nitrogens with zero attached hydrogens (tertiary/aromatic N) is 1. The molecule has 1 aliphatic heterocycles. The van der Waals surface area contributed by atoms with Crippen molar-refractivity contribution in [1.82, 2.24) is 10.3 Å². The molecule has 0 spiro atoms. The van der Waals surface area contributed by atoms with Crippen LogP contribution in [0.2, 0.25) is 0 Å². The van der Waals surface area contributed by atoms with Crippen molar-refractivity contribution in [3.63, 3.8) is 0 Å². The first-order chi connectivity index (χ1) is 7.62. The molecule has 1 aliphatic rings. The van der Waals surface area contributed by atoms with Crippen molar-refractivity contribution >= 4 is 0 Å². The molecule has 3 heteroatoms. The van der Waals surface area contributed by atoms with Gasteiger partial charge in [-0.05, 0) is 46.2 Å². The molecule has 0 bridgehead atoms. The Bertz CT molecular complexity index is 205. The summed E-state index contributed by atoms with van der Waals surface area (Å²) in [5.74, 6) is 5.67. The standard InChI is InChI=1S/C13H27N3/c1-4-9-12(15-14)13(2,3)16-10-7-5-6-8-11-16/h4,12,15H,1,5-11,14H2,2-3H3. The quantitative estimate of drug-likeness (QED) is 0.427. The van der Waals surface area contributed by atoms with E-state index in [1.165, 1.54) is 38.8 Å². The lowest BCUT2D eigenvalue weighted by Crippen LogP contribution is -2.59. The zero-order valence-corrected chi connectivity index (χ0v) is 10.8. The van der Waals surface area contributed by atoms with E-state index in [9.17, 15) is 0 Å². The van der Waals surface area contributed by atoms with Crippen LogP contribution in [0, 0.1) is 0 Å². The topological polar surface area (TPSA) is 41.3 Å². The molecule has 0 aromatic rings. The Morgan fingerprint density at radius 2 is 1.88 bits per heavy atom. The minimum Gasteiger partial charge on any atom is -0.297 e. The second-order valence-electron chi connectivity index (χ2n) is 5.30. The maximum atomic E-state index is 5.67. The second-order valence-corrected chi connectivity index (χ2v) is 5.30. The Morgan fingerprint density at radius 1 is 1.31 bits per heavy atom. The summed E-state index contributed by atoms with van der Waals surface area (Å²) in [6.07, 6.45) is 8.23. The molecule has 1 fully saturated rings. The third-order valence-corrected chi connectivity index (χ3v) is 3.88. The van der Waals surface area contributed by atoms with Crippen LogP contribution in [0.3, 0.4) is 0 Å². The number of hydrogen-bond acceptors (Lipinski definition) is 3. The fourth-order valence-electron chi connectivity index (χ4n) is 2.59. The second kappa shape index (κ2) is 6.38.